The lowest BCUT2D eigenvalue weighted by molar-refractivity contribution is -0.140. The van der Waals surface area contributed by atoms with Crippen LogP contribution >= 0.6 is 11.3 Å². The Morgan fingerprint density at radius 3 is 2.48 bits per heavy atom. The average Bonchev–Trinajstić information content (AvgIpc) is 2.87. The number of fused-ring (bicyclic) bond motifs is 1. The van der Waals surface area contributed by atoms with Gasteiger partial charge in [-0.2, -0.15) is 0 Å². The Morgan fingerprint density at radius 1 is 1.17 bits per heavy atom. The summed E-state index contributed by atoms with van der Waals surface area (Å²) in [4.78, 5) is 17.6. The molecule has 4 aliphatic carbocycles. The van der Waals surface area contributed by atoms with Crippen LogP contribution in [-0.2, 0) is 4.79 Å². The fourth-order valence-corrected chi connectivity index (χ4v) is 6.52. The summed E-state index contributed by atoms with van der Waals surface area (Å²) < 4.78 is 1.03. The van der Waals surface area contributed by atoms with Gasteiger partial charge >= 0.3 is 0 Å². The molecule has 0 unspecified atom stereocenters. The smallest absolute Gasteiger partial charge is 0.232 e. The second kappa shape index (κ2) is 4.69. The molecule has 1 heterocycles. The fourth-order valence-electron chi connectivity index (χ4n) is 5.61. The molecule has 5 heteroatoms. The van der Waals surface area contributed by atoms with Crippen molar-refractivity contribution in [2.24, 2.45) is 23.2 Å². The van der Waals surface area contributed by atoms with Crippen LogP contribution in [0.3, 0.4) is 0 Å². The van der Waals surface area contributed by atoms with E-state index in [-0.39, 0.29) is 11.3 Å². The molecule has 3 N–H and O–H groups in total. The number of nitrogens with two attached hydrogens (primary N) is 1. The summed E-state index contributed by atoms with van der Waals surface area (Å²) in [5.74, 6) is 2.55. The van der Waals surface area contributed by atoms with Crippen LogP contribution in [0.2, 0.25) is 0 Å². The van der Waals surface area contributed by atoms with Gasteiger partial charge in [0.25, 0.3) is 0 Å². The lowest BCUT2D eigenvalue weighted by Crippen LogP contribution is -2.51. The topological polar surface area (TPSA) is 68.0 Å². The number of hydrogen-bond acceptors (Lipinski definition) is 4. The van der Waals surface area contributed by atoms with E-state index in [1.54, 1.807) is 0 Å². The molecule has 0 radical (unpaired) electrons. The molecule has 120 valence electrons. The van der Waals surface area contributed by atoms with Crippen LogP contribution in [0.4, 0.5) is 10.8 Å². The van der Waals surface area contributed by atoms with Crippen LogP contribution < -0.4 is 11.1 Å². The molecule has 4 saturated carbocycles. The van der Waals surface area contributed by atoms with Gasteiger partial charge in [0.05, 0.1) is 15.6 Å². The first kappa shape index (κ1) is 13.8. The fraction of sp³-hybridized carbons (Fsp3) is 0.556. The third-order valence-corrected chi connectivity index (χ3v) is 7.09. The first-order valence-electron chi connectivity index (χ1n) is 8.57. The van der Waals surface area contributed by atoms with E-state index in [1.165, 1.54) is 30.6 Å². The Morgan fingerprint density at radius 2 is 1.83 bits per heavy atom. The van der Waals surface area contributed by atoms with Crippen LogP contribution in [0, 0.1) is 23.2 Å². The van der Waals surface area contributed by atoms with Crippen molar-refractivity contribution in [1.29, 1.82) is 0 Å². The Kier molecular flexibility index (Phi) is 2.81. The zero-order chi connectivity index (χ0) is 15.6. The van der Waals surface area contributed by atoms with Crippen LogP contribution in [-0.4, -0.2) is 10.9 Å². The minimum absolute atomic E-state index is 0.119. The molecule has 2 aromatic rings. The predicted octanol–water partition coefficient (Wildman–Crippen LogP) is 4.03. The van der Waals surface area contributed by atoms with Crippen molar-refractivity contribution in [3.63, 3.8) is 0 Å². The van der Waals surface area contributed by atoms with E-state index < -0.39 is 0 Å². The molecule has 1 amide bonds. The first-order valence-corrected chi connectivity index (χ1v) is 9.39. The van der Waals surface area contributed by atoms with Gasteiger partial charge in [0.2, 0.25) is 5.91 Å². The van der Waals surface area contributed by atoms with Gasteiger partial charge in [0, 0.05) is 5.69 Å². The molecule has 0 saturated heterocycles. The Balaban J connectivity index is 1.42. The SMILES string of the molecule is Nc1ccc2nc(NC(=O)C34CC5CC(CC(C5)C3)C4)sc2c1. The molecule has 1 aromatic heterocycles. The van der Waals surface area contributed by atoms with Gasteiger partial charge in [-0.05, 0) is 74.5 Å². The van der Waals surface area contributed by atoms with Gasteiger partial charge in [-0.3, -0.25) is 4.79 Å². The number of aromatic nitrogens is 1. The van der Waals surface area contributed by atoms with Crippen molar-refractivity contribution in [1.82, 2.24) is 4.98 Å². The minimum Gasteiger partial charge on any atom is -0.399 e. The highest BCUT2D eigenvalue weighted by atomic mass is 32.1. The van der Waals surface area contributed by atoms with E-state index in [1.807, 2.05) is 18.2 Å². The molecule has 0 atom stereocenters. The third kappa shape index (κ3) is 2.17. The number of benzene rings is 1. The number of nitrogens with zero attached hydrogens (tertiary/aromatic N) is 1. The second-order valence-electron chi connectivity index (χ2n) is 7.90. The number of nitrogen functional groups attached to an aromatic ring is 1. The van der Waals surface area contributed by atoms with E-state index in [2.05, 4.69) is 10.3 Å². The summed E-state index contributed by atoms with van der Waals surface area (Å²) in [5.41, 5.74) is 7.35. The Hall–Kier alpha value is -1.62. The van der Waals surface area contributed by atoms with Crippen LogP contribution in [0.1, 0.15) is 38.5 Å². The van der Waals surface area contributed by atoms with E-state index in [4.69, 9.17) is 5.73 Å². The molecule has 23 heavy (non-hydrogen) atoms. The molecule has 1 aromatic carbocycles. The number of amides is 1. The van der Waals surface area contributed by atoms with Crippen molar-refractivity contribution in [3.8, 4) is 0 Å². The van der Waals surface area contributed by atoms with Crippen LogP contribution in [0.15, 0.2) is 18.2 Å². The lowest BCUT2D eigenvalue weighted by atomic mass is 9.49. The van der Waals surface area contributed by atoms with Crippen molar-refractivity contribution in [2.45, 2.75) is 38.5 Å². The van der Waals surface area contributed by atoms with Gasteiger partial charge in [0.15, 0.2) is 5.13 Å². The molecular formula is C18H21N3OS. The summed E-state index contributed by atoms with van der Waals surface area (Å²) >= 11 is 1.52. The second-order valence-corrected chi connectivity index (χ2v) is 8.93. The van der Waals surface area contributed by atoms with Crippen molar-refractivity contribution < 1.29 is 4.79 Å². The molecule has 6 rings (SSSR count). The first-order chi connectivity index (χ1) is 11.1. The van der Waals surface area contributed by atoms with Crippen LogP contribution in [0.5, 0.6) is 0 Å². The van der Waals surface area contributed by atoms with Crippen molar-refractivity contribution in [2.75, 3.05) is 11.1 Å². The standard InChI is InChI=1S/C18H21N3OS/c19-13-1-2-14-15(6-13)23-17(20-14)21-16(22)18-7-10-3-11(8-18)5-12(4-10)9-18/h1-2,6,10-12H,3-5,7-9,19H2,(H,20,21,22). The zero-order valence-electron chi connectivity index (χ0n) is 13.0. The van der Waals surface area contributed by atoms with E-state index in [0.29, 0.717) is 5.13 Å². The molecular weight excluding hydrogens is 306 g/mol. The monoisotopic (exact) mass is 327 g/mol. The molecule has 4 fully saturated rings. The number of anilines is 2. The normalized spacial score (nSPS) is 34.9. The predicted molar refractivity (Wildman–Crippen MR) is 93.3 cm³/mol. The lowest BCUT2D eigenvalue weighted by Gasteiger charge is -2.55. The van der Waals surface area contributed by atoms with Gasteiger partial charge < -0.3 is 11.1 Å². The summed E-state index contributed by atoms with van der Waals surface area (Å²) in [6, 6.07) is 5.70. The maximum absolute atomic E-state index is 13.0. The third-order valence-electron chi connectivity index (χ3n) is 6.15. The molecule has 4 aliphatic rings. The highest BCUT2D eigenvalue weighted by molar-refractivity contribution is 7.22. The Bertz CT molecular complexity index is 761. The molecule has 4 nitrogen and oxygen atoms in total. The average molecular weight is 327 g/mol. The summed E-state index contributed by atoms with van der Waals surface area (Å²) in [5, 5.41) is 3.85. The highest BCUT2D eigenvalue weighted by Crippen LogP contribution is 2.60. The van der Waals surface area contributed by atoms with Crippen LogP contribution in [0.25, 0.3) is 10.2 Å². The Labute approximate surface area is 139 Å². The quantitative estimate of drug-likeness (QED) is 0.818. The van der Waals surface area contributed by atoms with Crippen molar-refractivity contribution in [3.05, 3.63) is 18.2 Å². The number of carbonyl (C=O) groups is 1. The van der Waals surface area contributed by atoms with Gasteiger partial charge in [-0.15, -0.1) is 0 Å². The molecule has 0 spiro atoms. The number of thiazole rings is 1. The largest absolute Gasteiger partial charge is 0.399 e. The number of hydrogen-bond donors (Lipinski definition) is 2. The number of nitrogens with one attached hydrogen (secondary N) is 1. The van der Waals surface area contributed by atoms with Gasteiger partial charge in [-0.1, -0.05) is 11.3 Å². The maximum Gasteiger partial charge on any atom is 0.232 e. The zero-order valence-corrected chi connectivity index (χ0v) is 13.9. The summed E-state index contributed by atoms with van der Waals surface area (Å²) in [6.07, 6.45) is 7.32. The van der Waals surface area contributed by atoms with E-state index >= 15 is 0 Å². The van der Waals surface area contributed by atoms with E-state index in [9.17, 15) is 4.79 Å². The summed E-state index contributed by atoms with van der Waals surface area (Å²) in [6.45, 7) is 0. The molecule has 4 bridgehead atoms. The highest BCUT2D eigenvalue weighted by Gasteiger charge is 2.54. The van der Waals surface area contributed by atoms with Gasteiger partial charge in [0.1, 0.15) is 0 Å². The van der Waals surface area contributed by atoms with Gasteiger partial charge in [-0.25, -0.2) is 4.98 Å². The minimum atomic E-state index is -0.119. The van der Waals surface area contributed by atoms with Crippen molar-refractivity contribution >= 4 is 38.3 Å². The number of carbonyl (C=O) groups excluding carboxylic acids is 1. The molecule has 0 aliphatic heterocycles. The summed E-state index contributed by atoms with van der Waals surface area (Å²) in [7, 11) is 0. The maximum atomic E-state index is 13.0. The number of rotatable bonds is 2. The van der Waals surface area contributed by atoms with E-state index in [0.717, 1.165) is 52.9 Å².